The summed E-state index contributed by atoms with van der Waals surface area (Å²) in [5, 5.41) is 9.00. The molecule has 0 saturated heterocycles. The van der Waals surface area contributed by atoms with Crippen molar-refractivity contribution in [1.82, 2.24) is 0 Å². The van der Waals surface area contributed by atoms with E-state index >= 15 is 0 Å². The molecule has 3 heteroatoms. The molecule has 1 atom stereocenters. The van der Waals surface area contributed by atoms with E-state index < -0.39 is 0 Å². The van der Waals surface area contributed by atoms with Gasteiger partial charge in [0.2, 0.25) is 0 Å². The monoisotopic (exact) mass is 230 g/mol. The number of hydrogen-bond acceptors (Lipinski definition) is 3. The molecule has 0 amide bonds. The maximum atomic E-state index is 11.9. The molecular formula is C13H26O3. The zero-order valence-corrected chi connectivity index (χ0v) is 11.2. The first-order chi connectivity index (χ1) is 7.43. The van der Waals surface area contributed by atoms with Gasteiger partial charge in [-0.3, -0.25) is 4.79 Å². The van der Waals surface area contributed by atoms with Crippen LogP contribution in [0.4, 0.5) is 0 Å². The van der Waals surface area contributed by atoms with Crippen LogP contribution in [-0.4, -0.2) is 24.3 Å². The zero-order chi connectivity index (χ0) is 12.7. The second-order valence-corrected chi connectivity index (χ2v) is 5.10. The Hall–Kier alpha value is -0.570. The number of aliphatic hydroxyl groups excluding tert-OH is 1. The van der Waals surface area contributed by atoms with E-state index in [2.05, 4.69) is 0 Å². The normalized spacial score (nSPS) is 13.6. The van der Waals surface area contributed by atoms with E-state index in [0.29, 0.717) is 18.4 Å². The fraction of sp³-hybridized carbons (Fsp3) is 0.923. The lowest BCUT2D eigenvalue weighted by Gasteiger charge is -2.23. The van der Waals surface area contributed by atoms with Crippen molar-refractivity contribution in [2.75, 3.05) is 13.2 Å². The van der Waals surface area contributed by atoms with Gasteiger partial charge in [0.15, 0.2) is 0 Å². The molecule has 96 valence electrons. The van der Waals surface area contributed by atoms with E-state index in [1.165, 1.54) is 0 Å². The Kier molecular flexibility index (Phi) is 7.39. The predicted octanol–water partition coefficient (Wildman–Crippen LogP) is 2.48. The number of ether oxygens (including phenoxy) is 1. The van der Waals surface area contributed by atoms with E-state index in [1.54, 1.807) is 0 Å². The van der Waals surface area contributed by atoms with Crippen molar-refractivity contribution in [2.24, 2.45) is 23.7 Å². The standard InChI is InChI=1S/C13H26O3/c1-6-11(7-14)8-16-13(15)12(9(2)3)10(4)5/h9-12,14H,6-8H2,1-5H3. The summed E-state index contributed by atoms with van der Waals surface area (Å²) in [5.41, 5.74) is 0. The van der Waals surface area contributed by atoms with Crippen molar-refractivity contribution in [2.45, 2.75) is 41.0 Å². The lowest BCUT2D eigenvalue weighted by atomic mass is 9.86. The van der Waals surface area contributed by atoms with Crippen LogP contribution in [0.3, 0.4) is 0 Å². The number of aliphatic hydroxyl groups is 1. The van der Waals surface area contributed by atoms with Gasteiger partial charge in [-0.2, -0.15) is 0 Å². The maximum absolute atomic E-state index is 11.9. The second-order valence-electron chi connectivity index (χ2n) is 5.10. The summed E-state index contributed by atoms with van der Waals surface area (Å²) in [6, 6.07) is 0. The van der Waals surface area contributed by atoms with E-state index in [-0.39, 0.29) is 24.4 Å². The molecule has 0 bridgehead atoms. The Morgan fingerprint density at radius 3 is 2.00 bits per heavy atom. The molecule has 0 aromatic heterocycles. The van der Waals surface area contributed by atoms with Crippen molar-refractivity contribution < 1.29 is 14.6 Å². The highest BCUT2D eigenvalue weighted by Crippen LogP contribution is 2.22. The van der Waals surface area contributed by atoms with Gasteiger partial charge in [-0.05, 0) is 18.3 Å². The molecule has 0 spiro atoms. The molecule has 1 N–H and O–H groups in total. The van der Waals surface area contributed by atoms with Crippen LogP contribution in [0.5, 0.6) is 0 Å². The van der Waals surface area contributed by atoms with Crippen LogP contribution >= 0.6 is 0 Å². The van der Waals surface area contributed by atoms with Crippen LogP contribution in [0.15, 0.2) is 0 Å². The van der Waals surface area contributed by atoms with E-state index in [4.69, 9.17) is 9.84 Å². The lowest BCUT2D eigenvalue weighted by molar-refractivity contribution is -0.153. The molecule has 3 nitrogen and oxygen atoms in total. The number of hydrogen-bond donors (Lipinski definition) is 1. The van der Waals surface area contributed by atoms with Gasteiger partial charge in [0.1, 0.15) is 0 Å². The minimum atomic E-state index is -0.128. The molecule has 0 aromatic carbocycles. The van der Waals surface area contributed by atoms with Gasteiger partial charge in [0.25, 0.3) is 0 Å². The summed E-state index contributed by atoms with van der Waals surface area (Å²) in [6.07, 6.45) is 0.831. The lowest BCUT2D eigenvalue weighted by Crippen LogP contribution is -2.29. The summed E-state index contributed by atoms with van der Waals surface area (Å²) in [5.74, 6) is 0.487. The van der Waals surface area contributed by atoms with E-state index in [1.807, 2.05) is 34.6 Å². The molecule has 0 heterocycles. The first-order valence-electron chi connectivity index (χ1n) is 6.21. The second kappa shape index (κ2) is 7.66. The molecule has 0 saturated carbocycles. The molecule has 0 aliphatic carbocycles. The molecule has 0 aliphatic rings. The fourth-order valence-electron chi connectivity index (χ4n) is 1.91. The summed E-state index contributed by atoms with van der Waals surface area (Å²) in [4.78, 5) is 11.9. The van der Waals surface area contributed by atoms with Crippen LogP contribution in [0.2, 0.25) is 0 Å². The molecule has 16 heavy (non-hydrogen) atoms. The van der Waals surface area contributed by atoms with Crippen molar-refractivity contribution in [3.63, 3.8) is 0 Å². The summed E-state index contributed by atoms with van der Waals surface area (Å²) in [6.45, 7) is 10.5. The summed E-state index contributed by atoms with van der Waals surface area (Å²) >= 11 is 0. The Bertz CT molecular complexity index is 187. The number of carbonyl (C=O) groups is 1. The van der Waals surface area contributed by atoms with Crippen LogP contribution in [-0.2, 0) is 9.53 Å². The third-order valence-corrected chi connectivity index (χ3v) is 3.01. The minimum Gasteiger partial charge on any atom is -0.465 e. The van der Waals surface area contributed by atoms with Crippen molar-refractivity contribution in [1.29, 1.82) is 0 Å². The molecule has 1 unspecified atom stereocenters. The summed E-state index contributed by atoms with van der Waals surface area (Å²) in [7, 11) is 0. The van der Waals surface area contributed by atoms with Crippen molar-refractivity contribution in [3.8, 4) is 0 Å². The Balaban J connectivity index is 4.21. The molecule has 0 fully saturated rings. The largest absolute Gasteiger partial charge is 0.465 e. The Labute approximate surface area is 99.2 Å². The van der Waals surface area contributed by atoms with E-state index in [9.17, 15) is 4.79 Å². The van der Waals surface area contributed by atoms with E-state index in [0.717, 1.165) is 6.42 Å². The van der Waals surface area contributed by atoms with Gasteiger partial charge in [-0.15, -0.1) is 0 Å². The molecule has 0 aliphatic heterocycles. The maximum Gasteiger partial charge on any atom is 0.309 e. The Morgan fingerprint density at radius 1 is 1.19 bits per heavy atom. The predicted molar refractivity (Wildman–Crippen MR) is 65.0 cm³/mol. The molecule has 0 rings (SSSR count). The van der Waals surface area contributed by atoms with Gasteiger partial charge in [-0.25, -0.2) is 0 Å². The number of rotatable bonds is 7. The highest BCUT2D eigenvalue weighted by molar-refractivity contribution is 5.73. The highest BCUT2D eigenvalue weighted by atomic mass is 16.5. The quantitative estimate of drug-likeness (QED) is 0.683. The molecular weight excluding hydrogens is 204 g/mol. The topological polar surface area (TPSA) is 46.5 Å². The molecule has 0 aromatic rings. The van der Waals surface area contributed by atoms with Crippen molar-refractivity contribution in [3.05, 3.63) is 0 Å². The number of carbonyl (C=O) groups excluding carboxylic acids is 1. The van der Waals surface area contributed by atoms with Gasteiger partial charge in [0.05, 0.1) is 12.5 Å². The SMILES string of the molecule is CCC(CO)COC(=O)C(C(C)C)C(C)C. The average Bonchev–Trinajstić information content (AvgIpc) is 2.18. The van der Waals surface area contributed by atoms with Gasteiger partial charge in [0, 0.05) is 12.5 Å². The van der Waals surface area contributed by atoms with Gasteiger partial charge >= 0.3 is 5.97 Å². The molecule has 0 radical (unpaired) electrons. The van der Waals surface area contributed by atoms with Crippen LogP contribution in [0.25, 0.3) is 0 Å². The number of esters is 1. The van der Waals surface area contributed by atoms with Crippen LogP contribution in [0.1, 0.15) is 41.0 Å². The van der Waals surface area contributed by atoms with Crippen LogP contribution < -0.4 is 0 Å². The fourth-order valence-corrected chi connectivity index (χ4v) is 1.91. The first kappa shape index (κ1) is 15.4. The van der Waals surface area contributed by atoms with Crippen LogP contribution in [0, 0.1) is 23.7 Å². The highest BCUT2D eigenvalue weighted by Gasteiger charge is 2.27. The summed E-state index contributed by atoms with van der Waals surface area (Å²) < 4.78 is 5.27. The first-order valence-corrected chi connectivity index (χ1v) is 6.21. The third kappa shape index (κ3) is 4.97. The smallest absolute Gasteiger partial charge is 0.309 e. The Morgan fingerprint density at radius 2 is 1.69 bits per heavy atom. The average molecular weight is 230 g/mol. The van der Waals surface area contributed by atoms with Gasteiger partial charge in [-0.1, -0.05) is 34.6 Å². The third-order valence-electron chi connectivity index (χ3n) is 3.01. The minimum absolute atomic E-state index is 0.0452. The zero-order valence-electron chi connectivity index (χ0n) is 11.2. The van der Waals surface area contributed by atoms with Gasteiger partial charge < -0.3 is 9.84 Å². The van der Waals surface area contributed by atoms with Crippen molar-refractivity contribution >= 4 is 5.97 Å².